The summed E-state index contributed by atoms with van der Waals surface area (Å²) >= 11 is 0. The van der Waals surface area contributed by atoms with Crippen molar-refractivity contribution in [3.05, 3.63) is 24.3 Å². The van der Waals surface area contributed by atoms with Gasteiger partial charge in [0.25, 0.3) is 0 Å². The molecule has 9 heteroatoms. The first kappa shape index (κ1) is 18.9. The SMILES string of the molecule is COC(=O)CNS(=O)(=O)c1cccc(NC(=O)OC(C)(C)C)c1. The normalized spacial score (nSPS) is 11.7. The molecule has 0 aliphatic carbocycles. The van der Waals surface area contributed by atoms with Gasteiger partial charge in [-0.2, -0.15) is 4.72 Å². The molecule has 0 spiro atoms. The molecular weight excluding hydrogens is 324 g/mol. The Morgan fingerprint density at radius 3 is 2.43 bits per heavy atom. The Kier molecular flexibility index (Phi) is 6.11. The van der Waals surface area contributed by atoms with Crippen molar-refractivity contribution in [1.29, 1.82) is 0 Å². The molecular formula is C14H20N2O6S. The molecule has 0 radical (unpaired) electrons. The van der Waals surface area contributed by atoms with Gasteiger partial charge in [0, 0.05) is 5.69 Å². The van der Waals surface area contributed by atoms with E-state index in [2.05, 4.69) is 14.8 Å². The minimum Gasteiger partial charge on any atom is -0.468 e. The van der Waals surface area contributed by atoms with E-state index in [1.54, 1.807) is 20.8 Å². The van der Waals surface area contributed by atoms with Gasteiger partial charge in [0.1, 0.15) is 12.1 Å². The smallest absolute Gasteiger partial charge is 0.412 e. The molecule has 8 nitrogen and oxygen atoms in total. The number of esters is 1. The molecule has 0 aliphatic rings. The molecule has 0 unspecified atom stereocenters. The maximum Gasteiger partial charge on any atom is 0.412 e. The van der Waals surface area contributed by atoms with E-state index < -0.39 is 34.2 Å². The molecule has 2 N–H and O–H groups in total. The largest absolute Gasteiger partial charge is 0.468 e. The van der Waals surface area contributed by atoms with Crippen molar-refractivity contribution in [3.63, 3.8) is 0 Å². The van der Waals surface area contributed by atoms with Gasteiger partial charge < -0.3 is 9.47 Å². The number of methoxy groups -OCH3 is 1. The van der Waals surface area contributed by atoms with Crippen LogP contribution in [0.2, 0.25) is 0 Å². The summed E-state index contributed by atoms with van der Waals surface area (Å²) < 4.78 is 35.7. The van der Waals surface area contributed by atoms with Crippen LogP contribution in [-0.4, -0.2) is 39.7 Å². The molecule has 23 heavy (non-hydrogen) atoms. The molecule has 128 valence electrons. The maximum absolute atomic E-state index is 12.1. The van der Waals surface area contributed by atoms with E-state index in [4.69, 9.17) is 4.74 Å². The van der Waals surface area contributed by atoms with Crippen LogP contribution >= 0.6 is 0 Å². The van der Waals surface area contributed by atoms with Gasteiger partial charge in [-0.15, -0.1) is 0 Å². The number of carbonyl (C=O) groups excluding carboxylic acids is 2. The van der Waals surface area contributed by atoms with Gasteiger partial charge >= 0.3 is 12.1 Å². The number of carbonyl (C=O) groups is 2. The highest BCUT2D eigenvalue weighted by Crippen LogP contribution is 2.16. The summed E-state index contributed by atoms with van der Waals surface area (Å²) in [4.78, 5) is 22.6. The molecule has 0 atom stereocenters. The Balaban J connectivity index is 2.84. The summed E-state index contributed by atoms with van der Waals surface area (Å²) in [5.41, 5.74) is -0.421. The molecule has 0 aromatic heterocycles. The van der Waals surface area contributed by atoms with Crippen molar-refractivity contribution < 1.29 is 27.5 Å². The van der Waals surface area contributed by atoms with E-state index in [1.165, 1.54) is 24.3 Å². The topological polar surface area (TPSA) is 111 Å². The van der Waals surface area contributed by atoms with Crippen molar-refractivity contribution >= 4 is 27.8 Å². The summed E-state index contributed by atoms with van der Waals surface area (Å²) in [5.74, 6) is -0.711. The molecule has 0 saturated heterocycles. The lowest BCUT2D eigenvalue weighted by molar-refractivity contribution is -0.139. The van der Waals surface area contributed by atoms with Crippen LogP contribution in [0.5, 0.6) is 0 Å². The van der Waals surface area contributed by atoms with E-state index in [1.807, 2.05) is 0 Å². The van der Waals surface area contributed by atoms with Crippen molar-refractivity contribution in [1.82, 2.24) is 4.72 Å². The van der Waals surface area contributed by atoms with Gasteiger partial charge in [-0.1, -0.05) is 6.07 Å². The van der Waals surface area contributed by atoms with Crippen LogP contribution in [0.4, 0.5) is 10.5 Å². The third-order valence-electron chi connectivity index (χ3n) is 2.42. The van der Waals surface area contributed by atoms with Gasteiger partial charge in [-0.3, -0.25) is 10.1 Å². The molecule has 0 bridgehead atoms. The lowest BCUT2D eigenvalue weighted by Crippen LogP contribution is -2.30. The quantitative estimate of drug-likeness (QED) is 0.783. The molecule has 0 saturated carbocycles. The first-order valence-electron chi connectivity index (χ1n) is 6.70. The highest BCUT2D eigenvalue weighted by molar-refractivity contribution is 7.89. The third kappa shape index (κ3) is 6.66. The molecule has 1 aromatic rings. The lowest BCUT2D eigenvalue weighted by Gasteiger charge is -2.19. The van der Waals surface area contributed by atoms with Gasteiger partial charge in [0.05, 0.1) is 12.0 Å². The fourth-order valence-electron chi connectivity index (χ4n) is 1.47. The van der Waals surface area contributed by atoms with Crippen LogP contribution in [0.15, 0.2) is 29.2 Å². The molecule has 1 rings (SSSR count). The molecule has 0 heterocycles. The highest BCUT2D eigenvalue weighted by atomic mass is 32.2. The predicted octanol–water partition coefficient (Wildman–Crippen LogP) is 1.48. The van der Waals surface area contributed by atoms with Gasteiger partial charge in [-0.05, 0) is 39.0 Å². The van der Waals surface area contributed by atoms with Crippen LogP contribution in [0, 0.1) is 0 Å². The average molecular weight is 344 g/mol. The number of anilines is 1. The first-order chi connectivity index (χ1) is 10.5. The van der Waals surface area contributed by atoms with Crippen LogP contribution < -0.4 is 10.0 Å². The number of ether oxygens (including phenoxy) is 2. The van der Waals surface area contributed by atoms with Crippen LogP contribution in [0.25, 0.3) is 0 Å². The van der Waals surface area contributed by atoms with Gasteiger partial charge in [-0.25, -0.2) is 13.2 Å². The van der Waals surface area contributed by atoms with Crippen molar-refractivity contribution in [2.24, 2.45) is 0 Å². The second-order valence-electron chi connectivity index (χ2n) is 5.56. The Bertz CT molecular complexity index is 679. The fraction of sp³-hybridized carbons (Fsp3) is 0.429. The van der Waals surface area contributed by atoms with Crippen LogP contribution in [0.3, 0.4) is 0 Å². The fourth-order valence-corrected chi connectivity index (χ4v) is 2.49. The van der Waals surface area contributed by atoms with E-state index >= 15 is 0 Å². The van der Waals surface area contributed by atoms with E-state index in [9.17, 15) is 18.0 Å². The predicted molar refractivity (Wildman–Crippen MR) is 83.5 cm³/mol. The number of sulfonamides is 1. The zero-order chi connectivity index (χ0) is 17.7. The Hall–Kier alpha value is -2.13. The summed E-state index contributed by atoms with van der Waals surface area (Å²) in [6.07, 6.45) is -0.699. The molecule has 1 amide bonds. The molecule has 0 aliphatic heterocycles. The number of hydrogen-bond acceptors (Lipinski definition) is 6. The summed E-state index contributed by atoms with van der Waals surface area (Å²) in [6.45, 7) is 4.65. The Labute approximate surface area is 135 Å². The summed E-state index contributed by atoms with van der Waals surface area (Å²) in [6, 6.07) is 5.56. The number of benzene rings is 1. The average Bonchev–Trinajstić information content (AvgIpc) is 2.43. The van der Waals surface area contributed by atoms with Gasteiger partial charge in [0.15, 0.2) is 0 Å². The minimum atomic E-state index is -3.90. The Morgan fingerprint density at radius 2 is 1.87 bits per heavy atom. The first-order valence-corrected chi connectivity index (χ1v) is 8.18. The standard InChI is InChI=1S/C14H20N2O6S/c1-14(2,3)22-13(18)16-10-6-5-7-11(8-10)23(19,20)15-9-12(17)21-4/h5-8,15H,9H2,1-4H3,(H,16,18). The maximum atomic E-state index is 12.1. The number of amides is 1. The minimum absolute atomic E-state index is 0.102. The molecule has 1 aromatic carbocycles. The summed E-state index contributed by atoms with van der Waals surface area (Å²) in [7, 11) is -2.75. The van der Waals surface area contributed by atoms with Crippen molar-refractivity contribution in [2.45, 2.75) is 31.3 Å². The van der Waals surface area contributed by atoms with E-state index in [-0.39, 0.29) is 10.6 Å². The second-order valence-corrected chi connectivity index (χ2v) is 7.32. The second kappa shape index (κ2) is 7.42. The van der Waals surface area contributed by atoms with Crippen molar-refractivity contribution in [2.75, 3.05) is 19.0 Å². The Morgan fingerprint density at radius 1 is 1.22 bits per heavy atom. The number of rotatable bonds is 5. The van der Waals surface area contributed by atoms with Crippen LogP contribution in [0.1, 0.15) is 20.8 Å². The lowest BCUT2D eigenvalue weighted by atomic mass is 10.2. The molecule has 0 fully saturated rings. The monoisotopic (exact) mass is 344 g/mol. The number of nitrogens with one attached hydrogen (secondary N) is 2. The highest BCUT2D eigenvalue weighted by Gasteiger charge is 2.18. The summed E-state index contributed by atoms with van der Waals surface area (Å²) in [5, 5.41) is 2.44. The van der Waals surface area contributed by atoms with E-state index in [0.717, 1.165) is 7.11 Å². The van der Waals surface area contributed by atoms with Crippen LogP contribution in [-0.2, 0) is 24.3 Å². The zero-order valence-electron chi connectivity index (χ0n) is 13.4. The van der Waals surface area contributed by atoms with E-state index in [0.29, 0.717) is 0 Å². The third-order valence-corrected chi connectivity index (χ3v) is 3.82. The van der Waals surface area contributed by atoms with Crippen molar-refractivity contribution in [3.8, 4) is 0 Å². The zero-order valence-corrected chi connectivity index (χ0v) is 14.2. The van der Waals surface area contributed by atoms with Gasteiger partial charge in [0.2, 0.25) is 10.0 Å². The number of hydrogen-bond donors (Lipinski definition) is 2.